The van der Waals surface area contributed by atoms with Crippen molar-refractivity contribution in [2.75, 3.05) is 13.1 Å². The van der Waals surface area contributed by atoms with Crippen LogP contribution in [0, 0.1) is 11.8 Å². The fourth-order valence-electron chi connectivity index (χ4n) is 2.57. The van der Waals surface area contributed by atoms with Crippen molar-refractivity contribution in [2.24, 2.45) is 17.6 Å². The SMILES string of the molecule is CC1CC(C(=O)N2CCCC(N)C2)C1. The maximum Gasteiger partial charge on any atom is 0.225 e. The zero-order valence-electron chi connectivity index (χ0n) is 8.91. The number of carbonyl (C=O) groups excluding carboxylic acids is 1. The van der Waals surface area contributed by atoms with Gasteiger partial charge in [0.1, 0.15) is 0 Å². The number of nitrogens with zero attached hydrogens (tertiary/aromatic N) is 1. The molecule has 3 nitrogen and oxygen atoms in total. The van der Waals surface area contributed by atoms with E-state index in [4.69, 9.17) is 5.73 Å². The molecule has 0 bridgehead atoms. The number of piperidine rings is 1. The fraction of sp³-hybridized carbons (Fsp3) is 0.909. The molecule has 1 atom stereocenters. The molecule has 2 N–H and O–H groups in total. The lowest BCUT2D eigenvalue weighted by Crippen LogP contribution is -2.49. The van der Waals surface area contributed by atoms with Crippen LogP contribution in [0.15, 0.2) is 0 Å². The Morgan fingerprint density at radius 2 is 2.14 bits per heavy atom. The highest BCUT2D eigenvalue weighted by Gasteiger charge is 2.35. The van der Waals surface area contributed by atoms with Crippen molar-refractivity contribution in [3.05, 3.63) is 0 Å². The van der Waals surface area contributed by atoms with E-state index < -0.39 is 0 Å². The third kappa shape index (κ3) is 1.92. The van der Waals surface area contributed by atoms with Crippen molar-refractivity contribution in [3.8, 4) is 0 Å². The summed E-state index contributed by atoms with van der Waals surface area (Å²) in [5.74, 6) is 1.43. The average Bonchev–Trinajstić information content (AvgIpc) is 2.12. The van der Waals surface area contributed by atoms with E-state index in [1.54, 1.807) is 0 Å². The van der Waals surface area contributed by atoms with E-state index >= 15 is 0 Å². The highest BCUT2D eigenvalue weighted by molar-refractivity contribution is 5.79. The summed E-state index contributed by atoms with van der Waals surface area (Å²) in [6, 6.07) is 0.213. The molecule has 1 aliphatic heterocycles. The van der Waals surface area contributed by atoms with Gasteiger partial charge in [0.05, 0.1) is 0 Å². The molecule has 1 saturated heterocycles. The van der Waals surface area contributed by atoms with Gasteiger partial charge >= 0.3 is 0 Å². The number of hydrogen-bond donors (Lipinski definition) is 1. The second kappa shape index (κ2) is 3.89. The summed E-state index contributed by atoms with van der Waals surface area (Å²) in [5, 5.41) is 0. The molecule has 1 saturated carbocycles. The molecule has 0 spiro atoms. The van der Waals surface area contributed by atoms with Gasteiger partial charge in [0.25, 0.3) is 0 Å². The van der Waals surface area contributed by atoms with E-state index in [2.05, 4.69) is 6.92 Å². The van der Waals surface area contributed by atoms with E-state index in [0.717, 1.165) is 44.7 Å². The van der Waals surface area contributed by atoms with E-state index in [-0.39, 0.29) is 6.04 Å². The minimum atomic E-state index is 0.213. The highest BCUT2D eigenvalue weighted by atomic mass is 16.2. The summed E-state index contributed by atoms with van der Waals surface area (Å²) in [7, 11) is 0. The first kappa shape index (κ1) is 9.97. The summed E-state index contributed by atoms with van der Waals surface area (Å²) in [5.41, 5.74) is 5.86. The Morgan fingerprint density at radius 3 is 2.71 bits per heavy atom. The molecule has 0 radical (unpaired) electrons. The Labute approximate surface area is 85.6 Å². The van der Waals surface area contributed by atoms with Crippen LogP contribution in [0.1, 0.15) is 32.6 Å². The molecule has 80 valence electrons. The number of hydrogen-bond acceptors (Lipinski definition) is 2. The summed E-state index contributed by atoms with van der Waals surface area (Å²) in [6.45, 7) is 3.92. The summed E-state index contributed by atoms with van der Waals surface area (Å²) in [6.07, 6.45) is 4.33. The van der Waals surface area contributed by atoms with Crippen LogP contribution in [0.25, 0.3) is 0 Å². The number of carbonyl (C=O) groups is 1. The van der Waals surface area contributed by atoms with Crippen LogP contribution in [0.4, 0.5) is 0 Å². The van der Waals surface area contributed by atoms with E-state index in [9.17, 15) is 4.79 Å². The number of likely N-dealkylation sites (tertiary alicyclic amines) is 1. The van der Waals surface area contributed by atoms with Crippen LogP contribution < -0.4 is 5.73 Å². The molecule has 2 fully saturated rings. The van der Waals surface area contributed by atoms with E-state index in [0.29, 0.717) is 11.8 Å². The average molecular weight is 196 g/mol. The zero-order chi connectivity index (χ0) is 10.1. The summed E-state index contributed by atoms with van der Waals surface area (Å²) >= 11 is 0. The smallest absolute Gasteiger partial charge is 0.225 e. The Morgan fingerprint density at radius 1 is 1.43 bits per heavy atom. The van der Waals surface area contributed by atoms with Crippen LogP contribution >= 0.6 is 0 Å². The zero-order valence-corrected chi connectivity index (χ0v) is 8.91. The predicted octanol–water partition coefficient (Wildman–Crippen LogP) is 0.982. The second-order valence-electron chi connectivity index (χ2n) is 4.96. The maximum atomic E-state index is 11.9. The van der Waals surface area contributed by atoms with Gasteiger partial charge in [0.15, 0.2) is 0 Å². The normalized spacial score (nSPS) is 37.9. The topological polar surface area (TPSA) is 46.3 Å². The Hall–Kier alpha value is -0.570. The van der Waals surface area contributed by atoms with E-state index in [1.807, 2.05) is 4.90 Å². The van der Waals surface area contributed by atoms with Crippen LogP contribution in [-0.4, -0.2) is 29.9 Å². The molecule has 0 aromatic carbocycles. The van der Waals surface area contributed by atoms with Crippen LogP contribution in [0.3, 0.4) is 0 Å². The van der Waals surface area contributed by atoms with Crippen molar-refractivity contribution in [2.45, 2.75) is 38.6 Å². The first-order valence-electron chi connectivity index (χ1n) is 5.71. The molecule has 14 heavy (non-hydrogen) atoms. The standard InChI is InChI=1S/C11H20N2O/c1-8-5-9(6-8)11(14)13-4-2-3-10(12)7-13/h8-10H,2-7,12H2,1H3. The molecule has 2 aliphatic rings. The van der Waals surface area contributed by atoms with Gasteiger partial charge in [0, 0.05) is 25.0 Å². The molecule has 1 heterocycles. The van der Waals surface area contributed by atoms with Gasteiger partial charge in [-0.3, -0.25) is 4.79 Å². The van der Waals surface area contributed by atoms with Crippen molar-refractivity contribution in [1.82, 2.24) is 4.90 Å². The van der Waals surface area contributed by atoms with Crippen molar-refractivity contribution < 1.29 is 4.79 Å². The lowest BCUT2D eigenvalue weighted by atomic mass is 9.75. The van der Waals surface area contributed by atoms with Gasteiger partial charge < -0.3 is 10.6 Å². The molecule has 3 heteroatoms. The fourth-order valence-corrected chi connectivity index (χ4v) is 2.57. The third-order valence-electron chi connectivity index (χ3n) is 3.49. The van der Waals surface area contributed by atoms with Crippen LogP contribution in [-0.2, 0) is 4.79 Å². The monoisotopic (exact) mass is 196 g/mol. The first-order chi connectivity index (χ1) is 6.66. The Kier molecular flexibility index (Phi) is 2.77. The number of amides is 1. The van der Waals surface area contributed by atoms with Gasteiger partial charge in [-0.2, -0.15) is 0 Å². The molecular formula is C11H20N2O. The second-order valence-corrected chi connectivity index (χ2v) is 4.96. The highest BCUT2D eigenvalue weighted by Crippen LogP contribution is 2.34. The molecular weight excluding hydrogens is 176 g/mol. The van der Waals surface area contributed by atoms with E-state index in [1.165, 1.54) is 0 Å². The van der Waals surface area contributed by atoms with Crippen molar-refractivity contribution in [1.29, 1.82) is 0 Å². The minimum Gasteiger partial charge on any atom is -0.341 e. The third-order valence-corrected chi connectivity index (χ3v) is 3.49. The number of rotatable bonds is 1. The minimum absolute atomic E-state index is 0.213. The molecule has 1 amide bonds. The largest absolute Gasteiger partial charge is 0.341 e. The Bertz CT molecular complexity index is 223. The van der Waals surface area contributed by atoms with Crippen molar-refractivity contribution >= 4 is 5.91 Å². The lowest BCUT2D eigenvalue weighted by molar-refractivity contribution is -0.140. The number of nitrogens with two attached hydrogens (primary N) is 1. The molecule has 2 rings (SSSR count). The van der Waals surface area contributed by atoms with Crippen LogP contribution in [0.2, 0.25) is 0 Å². The molecule has 1 unspecified atom stereocenters. The lowest BCUT2D eigenvalue weighted by Gasteiger charge is -2.38. The summed E-state index contributed by atoms with van der Waals surface area (Å²) in [4.78, 5) is 13.9. The Balaban J connectivity index is 1.85. The quantitative estimate of drug-likeness (QED) is 0.679. The van der Waals surface area contributed by atoms with Gasteiger partial charge in [-0.1, -0.05) is 6.92 Å². The molecule has 0 aromatic heterocycles. The van der Waals surface area contributed by atoms with Gasteiger partial charge in [-0.05, 0) is 31.6 Å². The first-order valence-corrected chi connectivity index (χ1v) is 5.71. The predicted molar refractivity (Wildman–Crippen MR) is 55.7 cm³/mol. The van der Waals surface area contributed by atoms with Gasteiger partial charge in [0.2, 0.25) is 5.91 Å². The maximum absolute atomic E-state index is 11.9. The summed E-state index contributed by atoms with van der Waals surface area (Å²) < 4.78 is 0. The van der Waals surface area contributed by atoms with Crippen LogP contribution in [0.5, 0.6) is 0 Å². The van der Waals surface area contributed by atoms with Gasteiger partial charge in [-0.25, -0.2) is 0 Å². The molecule has 0 aromatic rings. The van der Waals surface area contributed by atoms with Gasteiger partial charge in [-0.15, -0.1) is 0 Å². The van der Waals surface area contributed by atoms with Crippen molar-refractivity contribution in [3.63, 3.8) is 0 Å². The molecule has 1 aliphatic carbocycles.